The van der Waals surface area contributed by atoms with Crippen molar-refractivity contribution in [3.63, 3.8) is 0 Å². The Balaban J connectivity index is 1.01. The lowest BCUT2D eigenvalue weighted by molar-refractivity contribution is -0.172. The minimum Gasteiger partial charge on any atom is -0.452 e. The van der Waals surface area contributed by atoms with Gasteiger partial charge in [0.2, 0.25) is 0 Å². The normalized spacial score (nSPS) is 28.6. The molecule has 0 N–H and O–H groups in total. The summed E-state index contributed by atoms with van der Waals surface area (Å²) < 4.78 is 23.3. The van der Waals surface area contributed by atoms with Gasteiger partial charge in [0, 0.05) is 19.2 Å². The first-order valence-electron chi connectivity index (χ1n) is 12.4. The summed E-state index contributed by atoms with van der Waals surface area (Å²) in [5.41, 5.74) is 1.37. The number of ether oxygens (including phenoxy) is 4. The van der Waals surface area contributed by atoms with Crippen LogP contribution in [0.5, 0.6) is 5.75 Å². The summed E-state index contributed by atoms with van der Waals surface area (Å²) in [4.78, 5) is 14.9. The Kier molecular flexibility index (Phi) is 7.10. The van der Waals surface area contributed by atoms with Crippen LogP contribution in [0.1, 0.15) is 69.3 Å². The third-order valence-electron chi connectivity index (χ3n) is 7.06. The zero-order valence-corrected chi connectivity index (χ0v) is 18.9. The van der Waals surface area contributed by atoms with Gasteiger partial charge in [-0.05, 0) is 87.5 Å². The largest absolute Gasteiger partial charge is 0.452 e. The van der Waals surface area contributed by atoms with Gasteiger partial charge in [0.1, 0.15) is 5.75 Å². The third kappa shape index (κ3) is 5.53. The van der Waals surface area contributed by atoms with Gasteiger partial charge in [0.15, 0.2) is 12.0 Å². The van der Waals surface area contributed by atoms with Gasteiger partial charge in [-0.2, -0.15) is 0 Å². The van der Waals surface area contributed by atoms with Crippen LogP contribution < -0.4 is 4.74 Å². The fraction of sp³-hybridized carbons (Fsp3) is 0.654. The van der Waals surface area contributed by atoms with Crippen LogP contribution in [0.4, 0.5) is 0 Å². The van der Waals surface area contributed by atoms with Crippen LogP contribution in [0.3, 0.4) is 0 Å². The van der Waals surface area contributed by atoms with E-state index < -0.39 is 0 Å². The molecule has 1 aromatic carbocycles. The zero-order valence-electron chi connectivity index (χ0n) is 18.9. The van der Waals surface area contributed by atoms with E-state index in [-0.39, 0.29) is 24.3 Å². The first-order chi connectivity index (χ1) is 15.8. The molecule has 0 bridgehead atoms. The molecule has 3 fully saturated rings. The van der Waals surface area contributed by atoms with Crippen LogP contribution in [0.25, 0.3) is 0 Å². The molecule has 1 atom stereocenters. The summed E-state index contributed by atoms with van der Waals surface area (Å²) in [5, 5.41) is 0. The molecule has 1 unspecified atom stereocenters. The van der Waals surface area contributed by atoms with E-state index in [0.717, 1.165) is 56.8 Å². The van der Waals surface area contributed by atoms with Crippen molar-refractivity contribution in [3.8, 4) is 5.75 Å². The predicted octanol–water partition coefficient (Wildman–Crippen LogP) is 4.54. The number of nitrogens with zero attached hydrogens (tertiary/aromatic N) is 1. The Morgan fingerprint density at radius 1 is 0.906 bits per heavy atom. The van der Waals surface area contributed by atoms with E-state index in [2.05, 4.69) is 12.1 Å². The average molecular weight is 442 g/mol. The molecule has 4 aliphatic rings. The zero-order chi connectivity index (χ0) is 21.8. The Morgan fingerprint density at radius 3 is 2.41 bits per heavy atom. The van der Waals surface area contributed by atoms with Gasteiger partial charge in [-0.3, -0.25) is 4.79 Å². The second-order valence-electron chi connectivity index (χ2n) is 9.44. The van der Waals surface area contributed by atoms with Crippen molar-refractivity contribution >= 4 is 5.91 Å². The number of rotatable bonds is 9. The number of amides is 1. The van der Waals surface area contributed by atoms with Crippen molar-refractivity contribution in [2.45, 2.75) is 82.1 Å². The molecule has 5 rings (SSSR count). The van der Waals surface area contributed by atoms with Crippen molar-refractivity contribution in [3.05, 3.63) is 41.7 Å². The average Bonchev–Trinajstić information content (AvgIpc) is 3.63. The van der Waals surface area contributed by atoms with Crippen LogP contribution >= 0.6 is 0 Å². The van der Waals surface area contributed by atoms with Gasteiger partial charge in [-0.15, -0.1) is 0 Å². The molecule has 6 nitrogen and oxygen atoms in total. The molecule has 1 saturated heterocycles. The topological polar surface area (TPSA) is 57.2 Å². The van der Waals surface area contributed by atoms with Crippen LogP contribution in [0.15, 0.2) is 36.1 Å². The summed E-state index contributed by atoms with van der Waals surface area (Å²) in [6.07, 6.45) is 11.9. The fourth-order valence-electron chi connectivity index (χ4n) is 5.01. The quantitative estimate of drug-likeness (QED) is 0.527. The molecule has 1 amide bonds. The molecular formula is C26H35NO5. The van der Waals surface area contributed by atoms with E-state index in [4.69, 9.17) is 18.9 Å². The summed E-state index contributed by atoms with van der Waals surface area (Å²) in [5.74, 6) is 1.95. The SMILES string of the molecule is O=C1C(Oc2ccc(C3CC3)cc2)=CCN1C1CCC(OCCOC2CCCCO2)CC1. The van der Waals surface area contributed by atoms with E-state index in [1.165, 1.54) is 24.8 Å². The fourth-order valence-corrected chi connectivity index (χ4v) is 5.01. The number of carbonyl (C=O) groups excluding carboxylic acids is 1. The summed E-state index contributed by atoms with van der Waals surface area (Å²) in [6.45, 7) is 2.64. The highest BCUT2D eigenvalue weighted by Crippen LogP contribution is 2.40. The van der Waals surface area contributed by atoms with Crippen LogP contribution in [-0.4, -0.2) is 55.6 Å². The molecule has 0 aromatic heterocycles. The van der Waals surface area contributed by atoms with Crippen LogP contribution in [0.2, 0.25) is 0 Å². The first-order valence-corrected chi connectivity index (χ1v) is 12.4. The van der Waals surface area contributed by atoms with Crippen molar-refractivity contribution in [1.82, 2.24) is 4.90 Å². The maximum atomic E-state index is 12.9. The van der Waals surface area contributed by atoms with Gasteiger partial charge in [-0.25, -0.2) is 0 Å². The lowest BCUT2D eigenvalue weighted by atomic mass is 9.92. The second kappa shape index (κ2) is 10.4. The minimum absolute atomic E-state index is 0.0153. The van der Waals surface area contributed by atoms with Crippen LogP contribution in [-0.2, 0) is 19.0 Å². The molecule has 0 radical (unpaired) electrons. The molecule has 2 heterocycles. The minimum atomic E-state index is -0.0516. The Hall–Kier alpha value is -1.89. The van der Waals surface area contributed by atoms with Crippen molar-refractivity contribution in [2.24, 2.45) is 0 Å². The van der Waals surface area contributed by atoms with Gasteiger partial charge >= 0.3 is 0 Å². The number of hydrogen-bond donors (Lipinski definition) is 0. The molecular weight excluding hydrogens is 406 g/mol. The highest BCUT2D eigenvalue weighted by atomic mass is 16.7. The standard InChI is InChI=1S/C26H35NO5/c28-26-24(32-23-10-6-20(7-11-23)19-4-5-19)14-15-27(26)21-8-12-22(13-9-21)29-17-18-31-25-3-1-2-16-30-25/h6-7,10-11,14,19,21-22,25H,1-5,8-9,12-13,15-18H2. The molecule has 2 aliphatic heterocycles. The Bertz CT molecular complexity index is 789. The van der Waals surface area contributed by atoms with Crippen molar-refractivity contribution in [1.29, 1.82) is 0 Å². The first kappa shape index (κ1) is 21.9. The molecule has 2 saturated carbocycles. The molecule has 2 aliphatic carbocycles. The van der Waals surface area contributed by atoms with E-state index in [0.29, 0.717) is 25.5 Å². The lowest BCUT2D eigenvalue weighted by Gasteiger charge is -2.34. The van der Waals surface area contributed by atoms with Crippen molar-refractivity contribution < 1.29 is 23.7 Å². The van der Waals surface area contributed by atoms with Gasteiger partial charge in [-0.1, -0.05) is 12.1 Å². The highest BCUT2D eigenvalue weighted by Gasteiger charge is 2.34. The maximum Gasteiger partial charge on any atom is 0.289 e. The lowest BCUT2D eigenvalue weighted by Crippen LogP contribution is -2.41. The Labute approximate surface area is 190 Å². The van der Waals surface area contributed by atoms with E-state index in [9.17, 15) is 4.79 Å². The Morgan fingerprint density at radius 2 is 1.69 bits per heavy atom. The van der Waals surface area contributed by atoms with E-state index >= 15 is 0 Å². The molecule has 174 valence electrons. The molecule has 0 spiro atoms. The van der Waals surface area contributed by atoms with Crippen LogP contribution in [0, 0.1) is 0 Å². The predicted molar refractivity (Wildman–Crippen MR) is 120 cm³/mol. The molecule has 32 heavy (non-hydrogen) atoms. The highest BCUT2D eigenvalue weighted by molar-refractivity contribution is 5.94. The summed E-state index contributed by atoms with van der Waals surface area (Å²) in [6, 6.07) is 8.48. The van der Waals surface area contributed by atoms with E-state index in [1.807, 2.05) is 23.1 Å². The van der Waals surface area contributed by atoms with Crippen molar-refractivity contribution in [2.75, 3.05) is 26.4 Å². The monoisotopic (exact) mass is 441 g/mol. The molecule has 1 aromatic rings. The van der Waals surface area contributed by atoms with Gasteiger partial charge in [0.05, 0.1) is 19.3 Å². The second-order valence-corrected chi connectivity index (χ2v) is 9.44. The number of hydrogen-bond acceptors (Lipinski definition) is 5. The smallest absolute Gasteiger partial charge is 0.289 e. The van der Waals surface area contributed by atoms with E-state index in [1.54, 1.807) is 0 Å². The number of benzene rings is 1. The molecule has 6 heteroatoms. The summed E-state index contributed by atoms with van der Waals surface area (Å²) in [7, 11) is 0. The summed E-state index contributed by atoms with van der Waals surface area (Å²) >= 11 is 0. The van der Waals surface area contributed by atoms with Gasteiger partial charge < -0.3 is 23.8 Å². The number of carbonyl (C=O) groups is 1. The third-order valence-corrected chi connectivity index (χ3v) is 7.06. The maximum absolute atomic E-state index is 12.9. The van der Waals surface area contributed by atoms with Gasteiger partial charge in [0.25, 0.3) is 5.91 Å².